The van der Waals surface area contributed by atoms with Crippen LogP contribution in [0.4, 0.5) is 0 Å². The van der Waals surface area contributed by atoms with Gasteiger partial charge in [-0.25, -0.2) is 0 Å². The smallest absolute Gasteiger partial charge is 1.00 e. The van der Waals surface area contributed by atoms with Crippen molar-refractivity contribution in [2.75, 3.05) is 6.54 Å². The summed E-state index contributed by atoms with van der Waals surface area (Å²) in [6, 6.07) is 0. The minimum atomic E-state index is -1.11. The fourth-order valence-electron chi connectivity index (χ4n) is 2.43. The van der Waals surface area contributed by atoms with Crippen molar-refractivity contribution in [3.63, 3.8) is 0 Å². The number of halogens is 2. The molecule has 2 aliphatic rings. The van der Waals surface area contributed by atoms with Crippen LogP contribution in [0.1, 0.15) is 6.42 Å². The molecule has 1 aliphatic carbocycles. The number of nitrogens with zero attached hydrogens (tertiary/aromatic N) is 1. The molecule has 0 aromatic heterocycles. The first kappa shape index (κ1) is 18.9. The number of rotatable bonds is 3. The van der Waals surface area contributed by atoms with Crippen molar-refractivity contribution in [2.45, 2.75) is 32.9 Å². The summed E-state index contributed by atoms with van der Waals surface area (Å²) in [5.41, 5.74) is 0. The molecule has 0 amide bonds. The van der Waals surface area contributed by atoms with Crippen molar-refractivity contribution >= 4 is 15.1 Å². The molecule has 0 saturated carbocycles. The van der Waals surface area contributed by atoms with Crippen LogP contribution in [0.5, 0.6) is 0 Å². The minimum Gasteiger partial charge on any atom is -1.00 e. The van der Waals surface area contributed by atoms with Crippen LogP contribution in [0.15, 0.2) is 30.8 Å². The molecule has 0 aromatic rings. The summed E-state index contributed by atoms with van der Waals surface area (Å²) in [4.78, 5) is 0. The number of allylic oxidation sites excluding steroid dienone is 4. The van der Waals surface area contributed by atoms with Gasteiger partial charge in [0, 0.05) is 0 Å². The van der Waals surface area contributed by atoms with Gasteiger partial charge in [-0.15, -0.1) is 0 Å². The summed E-state index contributed by atoms with van der Waals surface area (Å²) < 4.78 is 6.31. The van der Waals surface area contributed by atoms with Crippen molar-refractivity contribution in [1.82, 2.24) is 4.48 Å². The van der Waals surface area contributed by atoms with Gasteiger partial charge in [0.1, 0.15) is 0 Å². The van der Waals surface area contributed by atoms with E-state index in [-0.39, 0.29) is 24.8 Å². The summed E-state index contributed by atoms with van der Waals surface area (Å²) in [5, 5.41) is 0. The fraction of sp³-hybridized carbons (Fsp3) is 0.500. The second-order valence-electron chi connectivity index (χ2n) is 5.61. The van der Waals surface area contributed by atoms with Crippen LogP contribution in [0, 0.1) is 0 Å². The van der Waals surface area contributed by atoms with Crippen LogP contribution in [-0.4, -0.2) is 26.1 Å². The largest absolute Gasteiger partial charge is 1.00 e. The van der Waals surface area contributed by atoms with Gasteiger partial charge < -0.3 is 24.8 Å². The maximum Gasteiger partial charge on any atom is -1.00 e. The van der Waals surface area contributed by atoms with Crippen molar-refractivity contribution in [2.24, 2.45) is 0 Å². The van der Waals surface area contributed by atoms with Crippen molar-refractivity contribution in [3.8, 4) is 0 Å². The molecule has 0 radical (unpaired) electrons. The van der Waals surface area contributed by atoms with Gasteiger partial charge in [0.25, 0.3) is 0 Å². The van der Waals surface area contributed by atoms with E-state index in [1.54, 1.807) is 6.46 Å². The second-order valence-corrected chi connectivity index (χ2v) is 14.1. The molecule has 1 heterocycles. The predicted molar refractivity (Wildman–Crippen MR) is 71.6 cm³/mol. The predicted octanol–water partition coefficient (Wildman–Crippen LogP) is -2.88. The van der Waals surface area contributed by atoms with Crippen molar-refractivity contribution in [1.29, 1.82) is 0 Å². The van der Waals surface area contributed by atoms with Gasteiger partial charge in [-0.3, -0.25) is 0 Å². The minimum absolute atomic E-state index is 0. The van der Waals surface area contributed by atoms with Gasteiger partial charge in [-0.05, 0) is 0 Å². The Kier molecular flexibility index (Phi) is 8.03. The molecule has 0 spiro atoms. The van der Waals surface area contributed by atoms with Crippen molar-refractivity contribution in [3.05, 3.63) is 30.8 Å². The molecule has 0 bridgehead atoms. The van der Waals surface area contributed by atoms with Crippen LogP contribution in [0.25, 0.3) is 0 Å². The van der Waals surface area contributed by atoms with E-state index < -0.39 is 31.5 Å². The zero-order chi connectivity index (χ0) is 11.8. The molecule has 1 nitrogen and oxygen atoms in total. The monoisotopic (exact) mass is 377 g/mol. The summed E-state index contributed by atoms with van der Waals surface area (Å²) in [6.45, 7) is 11.7. The molecule has 1 aliphatic heterocycles. The van der Waals surface area contributed by atoms with Crippen LogP contribution in [0.2, 0.25) is 26.5 Å². The van der Waals surface area contributed by atoms with Gasteiger partial charge >= 0.3 is 113 Å². The maximum absolute atomic E-state index is 2.76. The van der Waals surface area contributed by atoms with E-state index in [2.05, 4.69) is 55.2 Å². The van der Waals surface area contributed by atoms with E-state index in [0.29, 0.717) is 0 Å². The fourth-order valence-corrected chi connectivity index (χ4v) is 7.95. The standard InChI is InChI=1S/C7H15BNSi.C5H5.2ClH.Zr/c1-8-6-5-7-9(8)10(2,3)4;1-2-4-5-3-1;;;/h5H,7H2,1-4H3;1-3H,4H2;2*1H;/q;;;;+2/p-2. The summed E-state index contributed by atoms with van der Waals surface area (Å²) >= 11 is -0.429. The van der Waals surface area contributed by atoms with E-state index in [0.717, 1.165) is 6.85 Å². The van der Waals surface area contributed by atoms with E-state index in [4.69, 9.17) is 0 Å². The first-order valence-electron chi connectivity index (χ1n) is 6.08. The van der Waals surface area contributed by atoms with E-state index in [9.17, 15) is 0 Å². The molecule has 0 saturated heterocycles. The SMILES string of the molecule is CB1[C]([Zr+2][C]2=CC=CC2)=CCN1[Si](C)(C)C.[Cl-].[Cl-]. The maximum atomic E-state index is 2.76. The average molecular weight is 379 g/mol. The Morgan fingerprint density at radius 1 is 1.28 bits per heavy atom. The zero-order valence-corrected chi connectivity index (χ0v) is 16.5. The zero-order valence-electron chi connectivity index (χ0n) is 11.5. The van der Waals surface area contributed by atoms with Gasteiger partial charge in [0.15, 0.2) is 0 Å². The van der Waals surface area contributed by atoms with E-state index >= 15 is 0 Å². The number of hydrogen-bond donors (Lipinski definition) is 0. The quantitative estimate of drug-likeness (QED) is 0.477. The molecule has 0 aromatic carbocycles. The van der Waals surface area contributed by atoms with Gasteiger partial charge in [-0.1, -0.05) is 0 Å². The second kappa shape index (κ2) is 7.64. The Morgan fingerprint density at radius 2 is 1.94 bits per heavy atom. The Balaban J connectivity index is 0.00000144. The van der Waals surface area contributed by atoms with Crippen LogP contribution in [0.3, 0.4) is 0 Å². The molecule has 18 heavy (non-hydrogen) atoms. The Morgan fingerprint density at radius 3 is 2.39 bits per heavy atom. The normalized spacial score (nSPS) is 18.8. The number of hydrogen-bond acceptors (Lipinski definition) is 1. The van der Waals surface area contributed by atoms with E-state index in [1.165, 1.54) is 13.0 Å². The third kappa shape index (κ3) is 4.49. The Labute approximate surface area is 137 Å². The first-order chi connectivity index (χ1) is 7.48. The van der Waals surface area contributed by atoms with Crippen LogP contribution >= 0.6 is 0 Å². The molecule has 2 rings (SSSR count). The molecule has 0 fully saturated rings. The third-order valence-corrected chi connectivity index (χ3v) is 9.60. The molecule has 98 valence electrons. The van der Waals surface area contributed by atoms with Gasteiger partial charge in [0.05, 0.1) is 0 Å². The Bertz CT molecular complexity index is 377. The van der Waals surface area contributed by atoms with Crippen LogP contribution < -0.4 is 24.8 Å². The topological polar surface area (TPSA) is 3.24 Å². The van der Waals surface area contributed by atoms with Crippen molar-refractivity contribution < 1.29 is 48.0 Å². The summed E-state index contributed by atoms with van der Waals surface area (Å²) in [5.74, 6) is 0. The van der Waals surface area contributed by atoms with Gasteiger partial charge in [0.2, 0.25) is 0 Å². The summed E-state index contributed by atoms with van der Waals surface area (Å²) in [6.07, 6.45) is 10.7. The molecular weight excluding hydrogens is 359 g/mol. The molecule has 6 heteroatoms. The molecule has 0 N–H and O–H groups in total. The summed E-state index contributed by atoms with van der Waals surface area (Å²) in [7, 11) is -1.11. The van der Waals surface area contributed by atoms with Gasteiger partial charge in [-0.2, -0.15) is 0 Å². The third-order valence-electron chi connectivity index (χ3n) is 3.36. The average Bonchev–Trinajstić information content (AvgIpc) is 2.76. The molecular formula is C12H20BCl2NSiZr. The Hall–Kier alpha value is 0.925. The van der Waals surface area contributed by atoms with Crippen LogP contribution in [-0.2, 0) is 23.2 Å². The first-order valence-corrected chi connectivity index (χ1v) is 12.0. The molecule has 0 unspecified atom stereocenters. The molecule has 0 atom stereocenters. The van der Waals surface area contributed by atoms with E-state index in [1.807, 2.05) is 0 Å².